The molecule has 0 saturated carbocycles. The minimum absolute atomic E-state index is 0.109. The first-order chi connectivity index (χ1) is 12.8. The first-order valence-corrected chi connectivity index (χ1v) is 11.1. The Kier molecular flexibility index (Phi) is 8.09. The molecule has 0 aliphatic rings. The molecule has 0 radical (unpaired) electrons. The third-order valence-electron chi connectivity index (χ3n) is 3.73. The van der Waals surface area contributed by atoms with Gasteiger partial charge in [-0.15, -0.1) is 0 Å². The standard InChI is InChI=1S/C19H24BrNO5S/c1-14-11-18(7-8-19(14)27(2,23)24)26-13-16(22)12-21-9-10-25-17-5-3-15(20)4-6-17/h3-8,11,16,21-22H,9-10,12-13H2,1-2H3. The summed E-state index contributed by atoms with van der Waals surface area (Å²) >= 11 is 3.37. The molecule has 1 atom stereocenters. The van der Waals surface area contributed by atoms with Gasteiger partial charge in [-0.25, -0.2) is 8.42 Å². The van der Waals surface area contributed by atoms with E-state index in [2.05, 4.69) is 21.2 Å². The Morgan fingerprint density at radius 2 is 1.78 bits per heavy atom. The van der Waals surface area contributed by atoms with Gasteiger partial charge in [-0.05, 0) is 55.0 Å². The SMILES string of the molecule is Cc1cc(OCC(O)CNCCOc2ccc(Br)cc2)ccc1S(C)(=O)=O. The smallest absolute Gasteiger partial charge is 0.175 e. The van der Waals surface area contributed by atoms with Crippen LogP contribution in [0, 0.1) is 6.92 Å². The van der Waals surface area contributed by atoms with E-state index in [4.69, 9.17) is 9.47 Å². The number of ether oxygens (including phenoxy) is 2. The molecule has 2 N–H and O–H groups in total. The van der Waals surface area contributed by atoms with E-state index in [-0.39, 0.29) is 11.5 Å². The van der Waals surface area contributed by atoms with Gasteiger partial charge < -0.3 is 19.9 Å². The number of hydrogen-bond donors (Lipinski definition) is 2. The van der Waals surface area contributed by atoms with E-state index in [1.54, 1.807) is 19.1 Å². The van der Waals surface area contributed by atoms with Gasteiger partial charge in [0.15, 0.2) is 9.84 Å². The second-order valence-corrected chi connectivity index (χ2v) is 9.07. The number of hydrogen-bond acceptors (Lipinski definition) is 6. The lowest BCUT2D eigenvalue weighted by Crippen LogP contribution is -2.33. The molecule has 8 heteroatoms. The van der Waals surface area contributed by atoms with Gasteiger partial charge in [0.2, 0.25) is 0 Å². The van der Waals surface area contributed by atoms with Gasteiger partial charge >= 0.3 is 0 Å². The molecule has 0 saturated heterocycles. The van der Waals surface area contributed by atoms with Gasteiger partial charge in [-0.2, -0.15) is 0 Å². The average Bonchev–Trinajstić information content (AvgIpc) is 2.60. The molecule has 27 heavy (non-hydrogen) atoms. The largest absolute Gasteiger partial charge is 0.492 e. The summed E-state index contributed by atoms with van der Waals surface area (Å²) in [5.41, 5.74) is 0.618. The molecule has 0 spiro atoms. The molecule has 1 unspecified atom stereocenters. The Bertz CT molecular complexity index is 840. The van der Waals surface area contributed by atoms with Crippen LogP contribution in [0.15, 0.2) is 51.8 Å². The van der Waals surface area contributed by atoms with Crippen molar-refractivity contribution in [3.05, 3.63) is 52.5 Å². The highest BCUT2D eigenvalue weighted by atomic mass is 79.9. The van der Waals surface area contributed by atoms with Crippen molar-refractivity contribution in [2.45, 2.75) is 17.9 Å². The Morgan fingerprint density at radius 3 is 2.41 bits per heavy atom. The first-order valence-electron chi connectivity index (χ1n) is 8.46. The van der Waals surface area contributed by atoms with Crippen LogP contribution in [-0.2, 0) is 9.84 Å². The number of nitrogens with one attached hydrogen (secondary N) is 1. The van der Waals surface area contributed by atoms with Crippen LogP contribution in [0.4, 0.5) is 0 Å². The summed E-state index contributed by atoms with van der Waals surface area (Å²) in [6.07, 6.45) is 0.485. The zero-order valence-electron chi connectivity index (χ0n) is 15.3. The predicted octanol–water partition coefficient (Wildman–Crippen LogP) is 2.57. The highest BCUT2D eigenvalue weighted by Gasteiger charge is 2.12. The predicted molar refractivity (Wildman–Crippen MR) is 108 cm³/mol. The van der Waals surface area contributed by atoms with Crippen LogP contribution in [0.25, 0.3) is 0 Å². The first kappa shape index (κ1) is 21.7. The lowest BCUT2D eigenvalue weighted by atomic mass is 10.2. The van der Waals surface area contributed by atoms with Gasteiger partial charge in [0.25, 0.3) is 0 Å². The fourth-order valence-electron chi connectivity index (χ4n) is 2.42. The number of halogens is 1. The van der Waals surface area contributed by atoms with Crippen molar-refractivity contribution in [3.8, 4) is 11.5 Å². The molecule has 2 aromatic carbocycles. The highest BCUT2D eigenvalue weighted by molar-refractivity contribution is 9.10. The Labute approximate surface area is 168 Å². The van der Waals surface area contributed by atoms with Crippen LogP contribution in [0.3, 0.4) is 0 Å². The van der Waals surface area contributed by atoms with Crippen LogP contribution in [0.2, 0.25) is 0 Å². The average molecular weight is 458 g/mol. The monoisotopic (exact) mass is 457 g/mol. The topological polar surface area (TPSA) is 84.9 Å². The molecule has 6 nitrogen and oxygen atoms in total. The Morgan fingerprint density at radius 1 is 1.11 bits per heavy atom. The Hall–Kier alpha value is -1.61. The molecule has 2 aromatic rings. The summed E-state index contributed by atoms with van der Waals surface area (Å²) in [6.45, 7) is 3.27. The number of aliphatic hydroxyl groups is 1. The van der Waals surface area contributed by atoms with Crippen molar-refractivity contribution >= 4 is 25.8 Å². The molecule has 148 valence electrons. The third-order valence-corrected chi connectivity index (χ3v) is 5.52. The summed E-state index contributed by atoms with van der Waals surface area (Å²) in [6, 6.07) is 12.3. The van der Waals surface area contributed by atoms with Crippen LogP contribution in [0.1, 0.15) is 5.56 Å². The molecular formula is C19H24BrNO5S. The maximum absolute atomic E-state index is 11.6. The van der Waals surface area contributed by atoms with Crippen molar-refractivity contribution in [2.75, 3.05) is 32.6 Å². The zero-order valence-corrected chi connectivity index (χ0v) is 17.7. The zero-order chi connectivity index (χ0) is 19.9. The van der Waals surface area contributed by atoms with Crippen LogP contribution >= 0.6 is 15.9 Å². The molecule has 0 bridgehead atoms. The molecular weight excluding hydrogens is 434 g/mol. The van der Waals surface area contributed by atoms with E-state index < -0.39 is 15.9 Å². The van der Waals surface area contributed by atoms with Crippen LogP contribution < -0.4 is 14.8 Å². The highest BCUT2D eigenvalue weighted by Crippen LogP contribution is 2.21. The maximum Gasteiger partial charge on any atom is 0.175 e. The maximum atomic E-state index is 11.6. The lowest BCUT2D eigenvalue weighted by Gasteiger charge is -2.14. The van der Waals surface area contributed by atoms with Crippen molar-refractivity contribution in [1.29, 1.82) is 0 Å². The molecule has 0 heterocycles. The van der Waals surface area contributed by atoms with E-state index in [1.807, 2.05) is 24.3 Å². The van der Waals surface area contributed by atoms with E-state index in [1.165, 1.54) is 12.3 Å². The molecule has 0 fully saturated rings. The number of aryl methyl sites for hydroxylation is 1. The number of sulfone groups is 1. The summed E-state index contributed by atoms with van der Waals surface area (Å²) in [7, 11) is -3.25. The van der Waals surface area contributed by atoms with Crippen LogP contribution in [-0.4, -0.2) is 52.2 Å². The second kappa shape index (κ2) is 10.1. The van der Waals surface area contributed by atoms with Crippen LogP contribution in [0.5, 0.6) is 11.5 Å². The molecule has 0 aliphatic carbocycles. The summed E-state index contributed by atoms with van der Waals surface area (Å²) < 4.78 is 35.3. The quantitative estimate of drug-likeness (QED) is 0.533. The van der Waals surface area contributed by atoms with Gasteiger partial charge in [-0.3, -0.25) is 0 Å². The molecule has 0 amide bonds. The normalized spacial score (nSPS) is 12.6. The van der Waals surface area contributed by atoms with E-state index >= 15 is 0 Å². The fraction of sp³-hybridized carbons (Fsp3) is 0.368. The van der Waals surface area contributed by atoms with Gasteiger partial charge in [0.1, 0.15) is 30.8 Å². The molecule has 0 aliphatic heterocycles. The number of rotatable bonds is 10. The van der Waals surface area contributed by atoms with Crippen molar-refractivity contribution in [3.63, 3.8) is 0 Å². The molecule has 0 aromatic heterocycles. The minimum atomic E-state index is -3.25. The summed E-state index contributed by atoms with van der Waals surface area (Å²) in [5, 5.41) is 13.1. The van der Waals surface area contributed by atoms with Gasteiger partial charge in [-0.1, -0.05) is 15.9 Å². The Balaban J connectivity index is 1.66. The lowest BCUT2D eigenvalue weighted by molar-refractivity contribution is 0.105. The van der Waals surface area contributed by atoms with Crippen molar-refractivity contribution in [1.82, 2.24) is 5.32 Å². The minimum Gasteiger partial charge on any atom is -0.492 e. The number of aliphatic hydroxyl groups excluding tert-OH is 1. The van der Waals surface area contributed by atoms with E-state index in [9.17, 15) is 13.5 Å². The van der Waals surface area contributed by atoms with Gasteiger partial charge in [0.05, 0.1) is 4.90 Å². The summed E-state index contributed by atoms with van der Waals surface area (Å²) in [5.74, 6) is 1.31. The third kappa shape index (κ3) is 7.50. The van der Waals surface area contributed by atoms with E-state index in [0.29, 0.717) is 31.0 Å². The second-order valence-electron chi connectivity index (χ2n) is 6.17. The number of benzene rings is 2. The van der Waals surface area contributed by atoms with Crippen molar-refractivity contribution < 1.29 is 23.0 Å². The van der Waals surface area contributed by atoms with Crippen molar-refractivity contribution in [2.24, 2.45) is 0 Å². The summed E-state index contributed by atoms with van der Waals surface area (Å²) in [4.78, 5) is 0.280. The molecule has 2 rings (SSSR count). The van der Waals surface area contributed by atoms with Gasteiger partial charge in [0, 0.05) is 23.8 Å². The fourth-order valence-corrected chi connectivity index (χ4v) is 3.64. The van der Waals surface area contributed by atoms with E-state index in [0.717, 1.165) is 10.2 Å².